The molecule has 5 nitrogen and oxygen atoms in total. The van der Waals surface area contributed by atoms with Crippen molar-refractivity contribution in [2.45, 2.75) is 39.3 Å². The molecule has 0 aliphatic carbocycles. The number of hydrogen-bond acceptors (Lipinski definition) is 3. The van der Waals surface area contributed by atoms with E-state index in [9.17, 15) is 14.3 Å². The minimum absolute atomic E-state index is 0.261. The number of ether oxygens (including phenoxy) is 1. The largest absolute Gasteiger partial charge is 0.488 e. The van der Waals surface area contributed by atoms with Gasteiger partial charge in [0.05, 0.1) is 11.3 Å². The van der Waals surface area contributed by atoms with Crippen molar-refractivity contribution >= 4 is 5.97 Å². The standard InChI is InChI=1S/C26H29FN2O3/c1-19-23(26(30)31)17-29(15-14-28-12-6-3-7-13-28)25(19)22-11-10-21(27)16-24(22)32-18-20-8-4-2-5-9-20/h2,4-5,8-11,16-17H,3,6-7,12-15,18H2,1H3,(H,30,31). The molecule has 1 aliphatic heterocycles. The van der Waals surface area contributed by atoms with E-state index in [-0.39, 0.29) is 11.4 Å². The highest BCUT2D eigenvalue weighted by Crippen LogP contribution is 2.36. The maximum atomic E-state index is 14.1. The van der Waals surface area contributed by atoms with Gasteiger partial charge in [0.25, 0.3) is 0 Å². The fourth-order valence-corrected chi connectivity index (χ4v) is 4.39. The fraction of sp³-hybridized carbons (Fsp3) is 0.346. The van der Waals surface area contributed by atoms with Crippen molar-refractivity contribution in [2.75, 3.05) is 19.6 Å². The van der Waals surface area contributed by atoms with E-state index in [4.69, 9.17) is 4.74 Å². The van der Waals surface area contributed by atoms with Crippen LogP contribution in [0.2, 0.25) is 0 Å². The van der Waals surface area contributed by atoms with Crippen LogP contribution < -0.4 is 4.74 Å². The first-order chi connectivity index (χ1) is 15.5. The number of carbonyl (C=O) groups is 1. The Hall–Kier alpha value is -3.12. The summed E-state index contributed by atoms with van der Waals surface area (Å²) in [4.78, 5) is 14.3. The Morgan fingerprint density at radius 2 is 1.81 bits per heavy atom. The van der Waals surface area contributed by atoms with Gasteiger partial charge >= 0.3 is 5.97 Å². The molecule has 2 heterocycles. The lowest BCUT2D eigenvalue weighted by molar-refractivity contribution is 0.0696. The van der Waals surface area contributed by atoms with Crippen molar-refractivity contribution in [1.29, 1.82) is 0 Å². The highest BCUT2D eigenvalue weighted by Gasteiger charge is 2.22. The Balaban J connectivity index is 1.67. The molecule has 1 saturated heterocycles. The number of nitrogens with zero attached hydrogens (tertiary/aromatic N) is 2. The van der Waals surface area contributed by atoms with Crippen LogP contribution in [0.4, 0.5) is 4.39 Å². The second-order valence-electron chi connectivity index (χ2n) is 8.33. The molecule has 0 atom stereocenters. The molecule has 168 valence electrons. The first-order valence-corrected chi connectivity index (χ1v) is 11.1. The molecule has 0 spiro atoms. The molecule has 0 radical (unpaired) electrons. The molecule has 6 heteroatoms. The van der Waals surface area contributed by atoms with Crippen molar-refractivity contribution in [3.8, 4) is 17.0 Å². The molecule has 0 amide bonds. The molecule has 1 N–H and O–H groups in total. The highest BCUT2D eigenvalue weighted by molar-refractivity contribution is 5.92. The maximum absolute atomic E-state index is 14.1. The molecule has 4 rings (SSSR count). The second-order valence-corrected chi connectivity index (χ2v) is 8.33. The lowest BCUT2D eigenvalue weighted by atomic mass is 10.0. The molecule has 0 saturated carbocycles. The van der Waals surface area contributed by atoms with Crippen molar-refractivity contribution in [1.82, 2.24) is 9.47 Å². The summed E-state index contributed by atoms with van der Waals surface area (Å²) in [5.74, 6) is -0.945. The predicted octanol–water partition coefficient (Wildman–Crippen LogP) is 5.37. The summed E-state index contributed by atoms with van der Waals surface area (Å²) in [5, 5.41) is 9.72. The van der Waals surface area contributed by atoms with Crippen molar-refractivity contribution in [3.63, 3.8) is 0 Å². The summed E-state index contributed by atoms with van der Waals surface area (Å²) in [5.41, 5.74) is 3.36. The first-order valence-electron chi connectivity index (χ1n) is 11.1. The van der Waals surface area contributed by atoms with Gasteiger partial charge in [-0.3, -0.25) is 0 Å². The smallest absolute Gasteiger partial charge is 0.337 e. The zero-order valence-electron chi connectivity index (χ0n) is 18.4. The molecule has 0 unspecified atom stereocenters. The molecule has 1 aliphatic rings. The van der Waals surface area contributed by atoms with Crippen molar-refractivity contribution in [3.05, 3.63) is 77.2 Å². The second kappa shape index (κ2) is 10.0. The van der Waals surface area contributed by atoms with Crippen LogP contribution in [0.1, 0.15) is 40.7 Å². The van der Waals surface area contributed by atoms with Crippen LogP contribution in [0.15, 0.2) is 54.7 Å². The lowest BCUT2D eigenvalue weighted by Gasteiger charge is -2.27. The van der Waals surface area contributed by atoms with Gasteiger partial charge in [-0.25, -0.2) is 9.18 Å². The molecule has 1 aromatic heterocycles. The molecule has 32 heavy (non-hydrogen) atoms. The highest BCUT2D eigenvalue weighted by atomic mass is 19.1. The zero-order valence-corrected chi connectivity index (χ0v) is 18.4. The fourth-order valence-electron chi connectivity index (χ4n) is 4.39. The van der Waals surface area contributed by atoms with Crippen LogP contribution in [0.5, 0.6) is 5.75 Å². The van der Waals surface area contributed by atoms with Crippen LogP contribution in [-0.2, 0) is 13.2 Å². The Kier molecular flexibility index (Phi) is 6.90. The lowest BCUT2D eigenvalue weighted by Crippen LogP contribution is -2.32. The van der Waals surface area contributed by atoms with Gasteiger partial charge in [0.15, 0.2) is 0 Å². The van der Waals surface area contributed by atoms with Gasteiger partial charge in [0.2, 0.25) is 0 Å². The molecule has 2 aromatic carbocycles. The van der Waals surface area contributed by atoms with Gasteiger partial charge in [-0.1, -0.05) is 36.8 Å². The van der Waals surface area contributed by atoms with Gasteiger partial charge in [-0.05, 0) is 56.1 Å². The summed E-state index contributed by atoms with van der Waals surface area (Å²) < 4.78 is 22.1. The topological polar surface area (TPSA) is 54.7 Å². The number of carboxylic acids is 1. The number of halogens is 1. The third kappa shape index (κ3) is 5.02. The number of aromatic carboxylic acids is 1. The zero-order chi connectivity index (χ0) is 22.5. The van der Waals surface area contributed by atoms with Gasteiger partial charge in [-0.15, -0.1) is 0 Å². The molecule has 0 bridgehead atoms. The Bertz CT molecular complexity index is 1070. The number of aromatic nitrogens is 1. The quantitative estimate of drug-likeness (QED) is 0.516. The van der Waals surface area contributed by atoms with E-state index < -0.39 is 5.97 Å². The summed E-state index contributed by atoms with van der Waals surface area (Å²) in [6.45, 7) is 5.77. The van der Waals surface area contributed by atoms with E-state index >= 15 is 0 Å². The average Bonchev–Trinajstić information content (AvgIpc) is 3.14. The van der Waals surface area contributed by atoms with E-state index in [1.165, 1.54) is 31.4 Å². The Morgan fingerprint density at radius 1 is 1.06 bits per heavy atom. The molecular weight excluding hydrogens is 407 g/mol. The van der Waals surface area contributed by atoms with Crippen LogP contribution >= 0.6 is 0 Å². The number of likely N-dealkylation sites (tertiary alicyclic amines) is 1. The van der Waals surface area contributed by atoms with Gasteiger partial charge in [0.1, 0.15) is 18.2 Å². The Labute approximate surface area is 188 Å². The number of piperidine rings is 1. The van der Waals surface area contributed by atoms with Crippen LogP contribution in [0.25, 0.3) is 11.3 Å². The number of hydrogen-bond donors (Lipinski definition) is 1. The molecule has 1 fully saturated rings. The Morgan fingerprint density at radius 3 is 2.53 bits per heavy atom. The van der Waals surface area contributed by atoms with E-state index in [0.717, 1.165) is 30.9 Å². The number of carboxylic acid groups (broad SMARTS) is 1. The van der Waals surface area contributed by atoms with E-state index in [2.05, 4.69) is 4.90 Å². The average molecular weight is 437 g/mol. The van der Waals surface area contributed by atoms with Crippen LogP contribution in [0.3, 0.4) is 0 Å². The molecule has 3 aromatic rings. The monoisotopic (exact) mass is 436 g/mol. The maximum Gasteiger partial charge on any atom is 0.337 e. The summed E-state index contributed by atoms with van der Waals surface area (Å²) in [6, 6.07) is 14.2. The number of rotatable bonds is 8. The van der Waals surface area contributed by atoms with E-state index in [1.54, 1.807) is 19.2 Å². The third-order valence-electron chi connectivity index (χ3n) is 6.10. The minimum atomic E-state index is -0.964. The third-order valence-corrected chi connectivity index (χ3v) is 6.10. The van der Waals surface area contributed by atoms with E-state index in [0.29, 0.717) is 30.0 Å². The summed E-state index contributed by atoms with van der Waals surface area (Å²) >= 11 is 0. The normalized spacial score (nSPS) is 14.4. The SMILES string of the molecule is Cc1c(C(=O)O)cn(CCN2CCCCC2)c1-c1ccc(F)cc1OCc1ccccc1. The van der Waals surface area contributed by atoms with Crippen LogP contribution in [-0.4, -0.2) is 40.2 Å². The van der Waals surface area contributed by atoms with Gasteiger partial charge in [-0.2, -0.15) is 0 Å². The van der Waals surface area contributed by atoms with Crippen molar-refractivity contribution < 1.29 is 19.0 Å². The predicted molar refractivity (Wildman–Crippen MR) is 123 cm³/mol. The summed E-state index contributed by atoms with van der Waals surface area (Å²) in [6.07, 6.45) is 5.37. The van der Waals surface area contributed by atoms with Gasteiger partial charge in [0, 0.05) is 30.9 Å². The van der Waals surface area contributed by atoms with Crippen LogP contribution in [0, 0.1) is 12.7 Å². The molecular formula is C26H29FN2O3. The summed E-state index contributed by atoms with van der Waals surface area (Å²) in [7, 11) is 0. The minimum Gasteiger partial charge on any atom is -0.488 e. The first kappa shape index (κ1) is 22.1. The van der Waals surface area contributed by atoms with Gasteiger partial charge < -0.3 is 19.3 Å². The number of benzene rings is 2. The van der Waals surface area contributed by atoms with Crippen molar-refractivity contribution in [2.24, 2.45) is 0 Å². The van der Waals surface area contributed by atoms with E-state index in [1.807, 2.05) is 34.9 Å².